The Morgan fingerprint density at radius 2 is 1.72 bits per heavy atom. The van der Waals surface area contributed by atoms with E-state index in [4.69, 9.17) is 21.4 Å². The highest BCUT2D eigenvalue weighted by Crippen LogP contribution is 2.44. The topological polar surface area (TPSA) is 93.5 Å². The van der Waals surface area contributed by atoms with Gasteiger partial charge in [-0.1, -0.05) is 60.1 Å². The molecule has 0 spiro atoms. The second-order valence-corrected chi connectivity index (χ2v) is 7.09. The Kier molecular flexibility index (Phi) is 5.22. The molecule has 3 aromatic rings. The first-order chi connectivity index (χ1) is 14.0. The maximum atomic E-state index is 12.3. The number of fused-ring (bicyclic) bond motifs is 3. The van der Waals surface area contributed by atoms with Gasteiger partial charge in [0.1, 0.15) is 11.6 Å². The van der Waals surface area contributed by atoms with Crippen molar-refractivity contribution in [2.24, 2.45) is 0 Å². The van der Waals surface area contributed by atoms with Crippen molar-refractivity contribution >= 4 is 29.5 Å². The van der Waals surface area contributed by atoms with Crippen molar-refractivity contribution in [3.8, 4) is 11.1 Å². The fourth-order valence-electron chi connectivity index (χ4n) is 3.54. The minimum Gasteiger partial charge on any atom is -0.481 e. The van der Waals surface area contributed by atoms with Crippen molar-refractivity contribution in [2.75, 3.05) is 11.9 Å². The summed E-state index contributed by atoms with van der Waals surface area (Å²) in [5.41, 5.74) is 4.55. The zero-order valence-electron chi connectivity index (χ0n) is 15.3. The number of aromatic nitrogens is 2. The number of rotatable bonds is 6. The van der Waals surface area contributed by atoms with Crippen LogP contribution >= 0.6 is 11.6 Å². The molecule has 1 amide bonds. The third-order valence-electron chi connectivity index (χ3n) is 4.84. The lowest BCUT2D eigenvalue weighted by Gasteiger charge is -2.14. The standard InChI is InChI=1S/C21H18ClN3O4/c22-18-11-25(10-9-19(26)27)24-20(18)23-21(28)29-12-17-15-7-3-1-5-13(15)14-6-2-4-8-16(14)17/h1-8,11,17H,9-10,12H2,(H,26,27)(H,23,24,28). The van der Waals surface area contributed by atoms with Gasteiger partial charge in [-0.2, -0.15) is 5.10 Å². The molecule has 8 heteroatoms. The van der Waals surface area contributed by atoms with Crippen LogP contribution in [0.5, 0.6) is 0 Å². The van der Waals surface area contributed by atoms with Crippen LogP contribution in [-0.2, 0) is 16.1 Å². The molecular weight excluding hydrogens is 394 g/mol. The molecule has 7 nitrogen and oxygen atoms in total. The van der Waals surface area contributed by atoms with E-state index in [9.17, 15) is 9.59 Å². The summed E-state index contributed by atoms with van der Waals surface area (Å²) < 4.78 is 6.82. The van der Waals surface area contributed by atoms with Gasteiger partial charge in [-0.3, -0.25) is 14.8 Å². The summed E-state index contributed by atoms with van der Waals surface area (Å²) in [6.45, 7) is 0.332. The first kappa shape index (κ1) is 19.0. The molecule has 1 aliphatic carbocycles. The maximum absolute atomic E-state index is 12.3. The molecule has 2 N–H and O–H groups in total. The Hall–Kier alpha value is -3.32. The molecular formula is C21H18ClN3O4. The number of ether oxygens (including phenoxy) is 1. The van der Waals surface area contributed by atoms with Crippen molar-refractivity contribution < 1.29 is 19.4 Å². The van der Waals surface area contributed by atoms with Gasteiger partial charge in [0.25, 0.3) is 0 Å². The van der Waals surface area contributed by atoms with Crippen LogP contribution < -0.4 is 5.32 Å². The fourth-order valence-corrected chi connectivity index (χ4v) is 3.74. The average Bonchev–Trinajstić information content (AvgIpc) is 3.22. The molecule has 4 rings (SSSR count). The van der Waals surface area contributed by atoms with Gasteiger partial charge < -0.3 is 9.84 Å². The second-order valence-electron chi connectivity index (χ2n) is 6.68. The molecule has 0 bridgehead atoms. The van der Waals surface area contributed by atoms with Crippen molar-refractivity contribution in [3.05, 3.63) is 70.9 Å². The van der Waals surface area contributed by atoms with E-state index >= 15 is 0 Å². The lowest BCUT2D eigenvalue weighted by atomic mass is 9.98. The number of hydrogen-bond acceptors (Lipinski definition) is 4. The molecule has 2 aromatic carbocycles. The van der Waals surface area contributed by atoms with Gasteiger partial charge >= 0.3 is 12.1 Å². The lowest BCUT2D eigenvalue weighted by molar-refractivity contribution is -0.137. The van der Waals surface area contributed by atoms with Crippen LogP contribution in [0, 0.1) is 0 Å². The summed E-state index contributed by atoms with van der Waals surface area (Å²) in [7, 11) is 0. The molecule has 0 saturated carbocycles. The Bertz CT molecular complexity index is 1030. The first-order valence-electron chi connectivity index (χ1n) is 9.09. The number of halogens is 1. The van der Waals surface area contributed by atoms with Gasteiger partial charge in [-0.25, -0.2) is 4.79 Å². The number of carboxylic acids is 1. The van der Waals surface area contributed by atoms with Crippen molar-refractivity contribution in [3.63, 3.8) is 0 Å². The van der Waals surface area contributed by atoms with Crippen molar-refractivity contribution in [2.45, 2.75) is 18.9 Å². The number of aliphatic carboxylic acids is 1. The van der Waals surface area contributed by atoms with Crippen molar-refractivity contribution in [1.29, 1.82) is 0 Å². The molecule has 1 aliphatic rings. The third kappa shape index (κ3) is 3.95. The Morgan fingerprint density at radius 3 is 2.34 bits per heavy atom. The number of amides is 1. The highest BCUT2D eigenvalue weighted by molar-refractivity contribution is 6.33. The van der Waals surface area contributed by atoms with Gasteiger partial charge in [0.05, 0.1) is 13.0 Å². The Morgan fingerprint density at radius 1 is 1.10 bits per heavy atom. The molecule has 1 heterocycles. The second kappa shape index (κ2) is 7.97. The van der Waals surface area contributed by atoms with Crippen LogP contribution in [0.2, 0.25) is 5.02 Å². The van der Waals surface area contributed by atoms with Crippen LogP contribution in [-0.4, -0.2) is 33.6 Å². The molecule has 0 unspecified atom stereocenters. The van der Waals surface area contributed by atoms with E-state index in [0.29, 0.717) is 0 Å². The molecule has 148 valence electrons. The van der Waals surface area contributed by atoms with E-state index in [2.05, 4.69) is 22.5 Å². The largest absolute Gasteiger partial charge is 0.481 e. The summed E-state index contributed by atoms with van der Waals surface area (Å²) in [5, 5.41) is 15.6. The van der Waals surface area contributed by atoms with E-state index in [1.54, 1.807) is 0 Å². The third-order valence-corrected chi connectivity index (χ3v) is 5.11. The highest BCUT2D eigenvalue weighted by Gasteiger charge is 2.29. The lowest BCUT2D eigenvalue weighted by Crippen LogP contribution is -2.18. The maximum Gasteiger partial charge on any atom is 0.412 e. The summed E-state index contributed by atoms with van der Waals surface area (Å²) in [6.07, 6.45) is 0.698. The normalized spacial score (nSPS) is 12.3. The van der Waals surface area contributed by atoms with Crippen molar-refractivity contribution in [1.82, 2.24) is 9.78 Å². The fraction of sp³-hybridized carbons (Fsp3) is 0.190. The zero-order valence-corrected chi connectivity index (χ0v) is 16.1. The van der Waals surface area contributed by atoms with E-state index in [0.717, 1.165) is 22.3 Å². The van der Waals surface area contributed by atoms with E-state index in [1.165, 1.54) is 10.9 Å². The molecule has 1 aromatic heterocycles. The average molecular weight is 412 g/mol. The van der Waals surface area contributed by atoms with E-state index < -0.39 is 12.1 Å². The molecule has 0 saturated heterocycles. The summed E-state index contributed by atoms with van der Waals surface area (Å²) in [5.74, 6) is -0.853. The van der Waals surface area contributed by atoms with E-state index in [-0.39, 0.29) is 36.3 Å². The van der Waals surface area contributed by atoms with Crippen LogP contribution in [0.15, 0.2) is 54.7 Å². The minimum atomic E-state index is -0.942. The molecule has 0 fully saturated rings. The predicted octanol–water partition coefficient (Wildman–Crippen LogP) is 4.37. The number of carbonyl (C=O) groups excluding carboxylic acids is 1. The molecule has 29 heavy (non-hydrogen) atoms. The van der Waals surface area contributed by atoms with Crippen LogP contribution in [0.25, 0.3) is 11.1 Å². The SMILES string of the molecule is O=C(O)CCn1cc(Cl)c(NC(=O)OCC2c3ccccc3-c3ccccc32)n1. The number of benzene rings is 2. The van der Waals surface area contributed by atoms with Crippen LogP contribution in [0.3, 0.4) is 0 Å². The number of aryl methyl sites for hydroxylation is 1. The first-order valence-corrected chi connectivity index (χ1v) is 9.47. The highest BCUT2D eigenvalue weighted by atomic mass is 35.5. The number of hydrogen-bond donors (Lipinski definition) is 2. The zero-order chi connectivity index (χ0) is 20.4. The van der Waals surface area contributed by atoms with Gasteiger partial charge in [0, 0.05) is 12.1 Å². The summed E-state index contributed by atoms with van der Waals surface area (Å²) in [4.78, 5) is 22.9. The number of carboxylic acid groups (broad SMARTS) is 1. The monoisotopic (exact) mass is 411 g/mol. The van der Waals surface area contributed by atoms with Gasteiger partial charge in [-0.05, 0) is 22.3 Å². The van der Waals surface area contributed by atoms with Gasteiger partial charge in [0.2, 0.25) is 0 Å². The smallest absolute Gasteiger partial charge is 0.412 e. The minimum absolute atomic E-state index is 0.0447. The molecule has 0 radical (unpaired) electrons. The van der Waals surface area contributed by atoms with Gasteiger partial charge in [0.15, 0.2) is 5.82 Å². The molecule has 0 atom stereocenters. The quantitative estimate of drug-likeness (QED) is 0.628. The number of nitrogens with one attached hydrogen (secondary N) is 1. The number of carbonyl (C=O) groups is 2. The van der Waals surface area contributed by atoms with E-state index in [1.807, 2.05) is 36.4 Å². The Labute approximate surface area is 171 Å². The number of nitrogens with zero attached hydrogens (tertiary/aromatic N) is 2. The summed E-state index contributed by atoms with van der Waals surface area (Å²) in [6, 6.07) is 16.2. The van der Waals surface area contributed by atoms with Crippen LogP contribution in [0.1, 0.15) is 23.5 Å². The van der Waals surface area contributed by atoms with Crippen LogP contribution in [0.4, 0.5) is 10.6 Å². The van der Waals surface area contributed by atoms with Gasteiger partial charge in [-0.15, -0.1) is 0 Å². The summed E-state index contributed by atoms with van der Waals surface area (Å²) >= 11 is 6.06. The number of anilines is 1. The Balaban J connectivity index is 1.42. The predicted molar refractivity (Wildman–Crippen MR) is 108 cm³/mol. The molecule has 0 aliphatic heterocycles.